The largest absolute Gasteiger partial charge is 0.508 e. The number of fused-ring (bicyclic) bond motifs is 1. The lowest BCUT2D eigenvalue weighted by Gasteiger charge is -2.34. The van der Waals surface area contributed by atoms with Crippen molar-refractivity contribution in [1.82, 2.24) is 25.2 Å². The maximum absolute atomic E-state index is 13.9. The minimum atomic E-state index is -0.848. The van der Waals surface area contributed by atoms with Crippen molar-refractivity contribution in [2.45, 2.75) is 69.7 Å². The number of hydrogen-bond acceptors (Lipinski definition) is 6. The molecule has 5 rings (SSSR count). The summed E-state index contributed by atoms with van der Waals surface area (Å²) in [6, 6.07) is 13.3. The van der Waals surface area contributed by atoms with E-state index in [-0.39, 0.29) is 36.3 Å². The molecule has 0 spiro atoms. The molecule has 9 nitrogen and oxygen atoms in total. The number of amides is 2. The Morgan fingerprint density at radius 1 is 1.06 bits per heavy atom. The van der Waals surface area contributed by atoms with E-state index < -0.39 is 6.04 Å². The second-order valence-electron chi connectivity index (χ2n) is 9.75. The summed E-state index contributed by atoms with van der Waals surface area (Å²) < 4.78 is 7.45. The van der Waals surface area contributed by atoms with Crippen LogP contribution >= 0.6 is 0 Å². The molecule has 1 aromatic heterocycles. The maximum atomic E-state index is 13.9. The van der Waals surface area contributed by atoms with Crippen molar-refractivity contribution in [2.24, 2.45) is 0 Å². The van der Waals surface area contributed by atoms with Gasteiger partial charge in [-0.15, -0.1) is 5.10 Å². The number of phenols is 1. The van der Waals surface area contributed by atoms with Crippen LogP contribution in [0.15, 0.2) is 48.5 Å². The Bertz CT molecular complexity index is 1180. The molecule has 1 aliphatic carbocycles. The highest BCUT2D eigenvalue weighted by Gasteiger charge is 2.35. The van der Waals surface area contributed by atoms with Gasteiger partial charge in [-0.1, -0.05) is 48.7 Å². The molecular weight excluding hydrogens is 458 g/mol. The van der Waals surface area contributed by atoms with Gasteiger partial charge in [0.1, 0.15) is 23.9 Å². The van der Waals surface area contributed by atoms with Crippen LogP contribution in [0.1, 0.15) is 56.6 Å². The number of aromatic hydroxyl groups is 1. The molecule has 0 radical (unpaired) electrons. The molecule has 190 valence electrons. The van der Waals surface area contributed by atoms with Gasteiger partial charge < -0.3 is 20.1 Å². The average molecular weight is 492 g/mol. The second kappa shape index (κ2) is 11.1. The summed E-state index contributed by atoms with van der Waals surface area (Å²) in [7, 11) is 0. The third-order valence-electron chi connectivity index (χ3n) is 7.17. The molecule has 9 heteroatoms. The molecule has 2 aromatic carbocycles. The molecule has 3 aromatic rings. The Labute approximate surface area is 210 Å². The SMILES string of the molecule is O=C(NC1CCCCC1)[C@@H](c1ccc(O)cc1)N(C[C@@H]1CCCO1)C(=O)Cn1nnc2ccccc21. The van der Waals surface area contributed by atoms with Gasteiger partial charge in [0, 0.05) is 19.2 Å². The number of phenolic OH excluding ortho intramolecular Hbond substituents is 1. The number of nitrogens with zero attached hydrogens (tertiary/aromatic N) is 4. The monoisotopic (exact) mass is 491 g/mol. The number of aromatic nitrogens is 3. The van der Waals surface area contributed by atoms with Crippen LogP contribution in [0, 0.1) is 0 Å². The van der Waals surface area contributed by atoms with E-state index in [1.54, 1.807) is 33.8 Å². The molecular formula is C27H33N5O4. The summed E-state index contributed by atoms with van der Waals surface area (Å²) in [6.07, 6.45) is 6.88. The van der Waals surface area contributed by atoms with Crippen molar-refractivity contribution >= 4 is 22.8 Å². The van der Waals surface area contributed by atoms with E-state index in [0.29, 0.717) is 24.2 Å². The fourth-order valence-corrected chi connectivity index (χ4v) is 5.27. The van der Waals surface area contributed by atoms with Crippen LogP contribution in [0.4, 0.5) is 0 Å². The average Bonchev–Trinajstić information content (AvgIpc) is 3.56. The Morgan fingerprint density at radius 2 is 1.83 bits per heavy atom. The number of nitrogens with one attached hydrogen (secondary N) is 1. The molecule has 1 aliphatic heterocycles. The van der Waals surface area contributed by atoms with Crippen molar-refractivity contribution < 1.29 is 19.4 Å². The molecule has 1 saturated carbocycles. The zero-order valence-corrected chi connectivity index (χ0v) is 20.4. The van der Waals surface area contributed by atoms with Crippen LogP contribution in [0.3, 0.4) is 0 Å². The van der Waals surface area contributed by atoms with E-state index in [9.17, 15) is 14.7 Å². The first-order valence-electron chi connectivity index (χ1n) is 12.9. The van der Waals surface area contributed by atoms with E-state index in [2.05, 4.69) is 15.6 Å². The third kappa shape index (κ3) is 5.51. The molecule has 2 aliphatic rings. The van der Waals surface area contributed by atoms with Gasteiger partial charge in [-0.2, -0.15) is 0 Å². The van der Waals surface area contributed by atoms with Crippen LogP contribution in [-0.4, -0.2) is 62.1 Å². The first-order chi connectivity index (χ1) is 17.6. The summed E-state index contributed by atoms with van der Waals surface area (Å²) in [4.78, 5) is 29.3. The third-order valence-corrected chi connectivity index (χ3v) is 7.17. The number of carbonyl (C=O) groups is 2. The summed E-state index contributed by atoms with van der Waals surface area (Å²) in [5.41, 5.74) is 2.12. The minimum Gasteiger partial charge on any atom is -0.508 e. The van der Waals surface area contributed by atoms with Crippen LogP contribution in [0.25, 0.3) is 11.0 Å². The highest BCUT2D eigenvalue weighted by Crippen LogP contribution is 2.28. The Balaban J connectivity index is 1.46. The van der Waals surface area contributed by atoms with Crippen LogP contribution in [-0.2, 0) is 20.9 Å². The fraction of sp³-hybridized carbons (Fsp3) is 0.481. The van der Waals surface area contributed by atoms with Gasteiger partial charge in [0.05, 0.1) is 11.6 Å². The van der Waals surface area contributed by atoms with Gasteiger partial charge in [-0.3, -0.25) is 9.59 Å². The van der Waals surface area contributed by atoms with Gasteiger partial charge >= 0.3 is 0 Å². The fourth-order valence-electron chi connectivity index (χ4n) is 5.27. The molecule has 36 heavy (non-hydrogen) atoms. The van der Waals surface area contributed by atoms with Gasteiger partial charge in [0.25, 0.3) is 0 Å². The number of carbonyl (C=O) groups excluding carboxylic acids is 2. The van der Waals surface area contributed by atoms with Crippen molar-refractivity contribution in [3.8, 4) is 5.75 Å². The molecule has 2 fully saturated rings. The number of para-hydroxylation sites is 1. The molecule has 0 unspecified atom stereocenters. The normalized spacial score (nSPS) is 19.3. The first-order valence-corrected chi connectivity index (χ1v) is 12.9. The van der Waals surface area contributed by atoms with Crippen LogP contribution in [0.5, 0.6) is 5.75 Å². The second-order valence-corrected chi connectivity index (χ2v) is 9.75. The molecule has 2 atom stereocenters. The summed E-state index contributed by atoms with van der Waals surface area (Å²) in [5, 5.41) is 21.4. The summed E-state index contributed by atoms with van der Waals surface area (Å²) in [6.45, 7) is 0.909. The highest BCUT2D eigenvalue weighted by molar-refractivity contribution is 5.89. The van der Waals surface area contributed by atoms with Gasteiger partial charge in [0.15, 0.2) is 0 Å². The molecule has 2 heterocycles. The topological polar surface area (TPSA) is 110 Å². The van der Waals surface area contributed by atoms with Crippen molar-refractivity contribution in [1.29, 1.82) is 0 Å². The van der Waals surface area contributed by atoms with Crippen LogP contribution < -0.4 is 5.32 Å². The lowest BCUT2D eigenvalue weighted by Crippen LogP contribution is -2.49. The standard InChI is InChI=1S/C27H33N5O4/c33-21-14-12-19(13-15-21)26(27(35)28-20-7-2-1-3-8-20)31(17-22-9-6-16-36-22)25(34)18-32-24-11-5-4-10-23(24)29-30-32/h4-5,10-15,20,22,26,33H,1-3,6-9,16-18H2,(H,28,35)/t22-,26+/m0/s1. The minimum absolute atomic E-state index is 0.0431. The number of hydrogen-bond donors (Lipinski definition) is 2. The van der Waals surface area contributed by atoms with E-state index in [0.717, 1.165) is 44.0 Å². The lowest BCUT2D eigenvalue weighted by molar-refractivity contribution is -0.143. The highest BCUT2D eigenvalue weighted by atomic mass is 16.5. The van der Waals surface area contributed by atoms with Crippen LogP contribution in [0.2, 0.25) is 0 Å². The van der Waals surface area contributed by atoms with Crippen molar-refractivity contribution in [3.63, 3.8) is 0 Å². The number of ether oxygens (including phenoxy) is 1. The van der Waals surface area contributed by atoms with Crippen molar-refractivity contribution in [3.05, 3.63) is 54.1 Å². The zero-order chi connectivity index (χ0) is 24.9. The predicted octanol–water partition coefficient (Wildman–Crippen LogP) is 3.33. The Hall–Kier alpha value is -3.46. The maximum Gasteiger partial charge on any atom is 0.247 e. The van der Waals surface area contributed by atoms with Gasteiger partial charge in [-0.25, -0.2) is 4.68 Å². The summed E-state index contributed by atoms with van der Waals surface area (Å²) >= 11 is 0. The van der Waals surface area contributed by atoms with E-state index in [1.165, 1.54) is 6.42 Å². The Kier molecular flexibility index (Phi) is 7.46. The summed E-state index contributed by atoms with van der Waals surface area (Å²) in [5.74, 6) is -0.336. The van der Waals surface area contributed by atoms with Gasteiger partial charge in [-0.05, 0) is 55.5 Å². The Morgan fingerprint density at radius 3 is 2.58 bits per heavy atom. The van der Waals surface area contributed by atoms with E-state index in [4.69, 9.17) is 4.74 Å². The first kappa shape index (κ1) is 24.2. The smallest absolute Gasteiger partial charge is 0.247 e. The van der Waals surface area contributed by atoms with Crippen molar-refractivity contribution in [2.75, 3.05) is 13.2 Å². The molecule has 2 amide bonds. The predicted molar refractivity (Wildman–Crippen MR) is 134 cm³/mol. The number of benzene rings is 2. The molecule has 1 saturated heterocycles. The number of rotatable bonds is 8. The lowest BCUT2D eigenvalue weighted by atomic mass is 9.94. The quantitative estimate of drug-likeness (QED) is 0.500. The molecule has 2 N–H and O–H groups in total. The van der Waals surface area contributed by atoms with E-state index >= 15 is 0 Å². The van der Waals surface area contributed by atoms with E-state index in [1.807, 2.05) is 24.3 Å². The van der Waals surface area contributed by atoms with Gasteiger partial charge in [0.2, 0.25) is 11.8 Å². The zero-order valence-electron chi connectivity index (χ0n) is 20.4. The molecule has 0 bridgehead atoms.